The van der Waals surface area contributed by atoms with Crippen LogP contribution in [0.1, 0.15) is 11.4 Å². The maximum atomic E-state index is 15.8. The monoisotopic (exact) mass is 1110 g/mol. The summed E-state index contributed by atoms with van der Waals surface area (Å²) in [5.74, 6) is -37.0. The number of rotatable bonds is 3. The summed E-state index contributed by atoms with van der Waals surface area (Å²) in [4.78, 5) is 11.9. The smallest absolute Gasteiger partial charge is 0.200 e. The molecule has 8 bridgehead atoms. The molecular formula is C37H7Br4F15N4. The van der Waals surface area contributed by atoms with Gasteiger partial charge in [0, 0.05) is 27.7 Å². The number of fused-ring (bicyclic) bond motifs is 9. The fraction of sp³-hybridized carbons (Fsp3) is 0. The fourth-order valence-electron chi connectivity index (χ4n) is 6.57. The zero-order chi connectivity index (χ0) is 43.7. The van der Waals surface area contributed by atoms with Gasteiger partial charge in [-0.25, -0.2) is 70.8 Å². The normalized spacial score (nSPS) is 12.2. The number of H-pyrrole nitrogens is 3. The number of aromatic amines is 3. The second kappa shape index (κ2) is 14.7. The molecule has 8 rings (SSSR count). The Balaban J connectivity index is 1.73. The van der Waals surface area contributed by atoms with Crippen molar-refractivity contribution in [1.29, 1.82) is 0 Å². The molecule has 7 aromatic rings. The third kappa shape index (κ3) is 5.88. The SMILES string of the molecule is Fc1c(F)c(F)c(-c2c3nc(c(-c4c(F)c(F)c(F)c(F)c4F)c4[nH]c(c(Br)c4Br)c4[nH]c(c(Br)c4Br)c(-c4c(F)c(F)c(F)c(F)c4F)c4ccc2[nH]4)C=C3)c(F)c1F. The average Bonchev–Trinajstić information content (AvgIpc) is 4.03. The lowest BCUT2D eigenvalue weighted by atomic mass is 10.0. The predicted octanol–water partition coefficient (Wildman–Crippen LogP) is 14.8. The van der Waals surface area contributed by atoms with Crippen LogP contribution < -0.4 is 0 Å². The molecule has 0 radical (unpaired) electrons. The molecule has 0 fully saturated rings. The predicted molar refractivity (Wildman–Crippen MR) is 202 cm³/mol. The van der Waals surface area contributed by atoms with Crippen molar-refractivity contribution in [3.05, 3.63) is 129 Å². The van der Waals surface area contributed by atoms with Crippen LogP contribution in [-0.4, -0.2) is 19.9 Å². The number of benzene rings is 3. The number of halogens is 19. The van der Waals surface area contributed by atoms with E-state index in [1.54, 1.807) is 0 Å². The van der Waals surface area contributed by atoms with Crippen LogP contribution in [0.5, 0.6) is 0 Å². The molecule has 3 N–H and O–H groups in total. The zero-order valence-corrected chi connectivity index (χ0v) is 34.3. The highest BCUT2D eigenvalue weighted by atomic mass is 79.9. The molecule has 0 spiro atoms. The van der Waals surface area contributed by atoms with Gasteiger partial charge < -0.3 is 15.0 Å². The Morgan fingerprint density at radius 1 is 0.300 bits per heavy atom. The maximum absolute atomic E-state index is 15.8. The van der Waals surface area contributed by atoms with Gasteiger partial charge in [0.1, 0.15) is 0 Å². The zero-order valence-electron chi connectivity index (χ0n) is 27.9. The summed E-state index contributed by atoms with van der Waals surface area (Å²) in [6.45, 7) is 0. The molecule has 60 heavy (non-hydrogen) atoms. The van der Waals surface area contributed by atoms with Crippen LogP contribution in [0.25, 0.3) is 78.6 Å². The van der Waals surface area contributed by atoms with Gasteiger partial charge in [0.25, 0.3) is 0 Å². The molecule has 308 valence electrons. The first-order valence-electron chi connectivity index (χ1n) is 15.9. The summed E-state index contributed by atoms with van der Waals surface area (Å²) in [7, 11) is 0. The van der Waals surface area contributed by atoms with Crippen molar-refractivity contribution in [3.63, 3.8) is 0 Å². The molecule has 5 heterocycles. The Labute approximate surface area is 355 Å². The molecule has 0 saturated heterocycles. The standard InChI is InChI=1S/C37H7Br4F15N4/c38-15-17(40)36-37-18(41)16(39)35(60-37)11(14-23(46)29(52)33(56)30(53)24(14)47)8-4-2-6(58-8)9(12-19(42)25(48)31(54)26(49)20(12)43)5-1-3-7(57-5)10(34(15)59-36)13-21(44)27(50)32(55)28(51)22(13)45/h1-4,57,59-60H. The summed E-state index contributed by atoms with van der Waals surface area (Å²) in [6.07, 6.45) is 1.60. The number of aromatic nitrogens is 4. The molecule has 0 atom stereocenters. The van der Waals surface area contributed by atoms with Gasteiger partial charge in [-0.05, 0) is 88.0 Å². The van der Waals surface area contributed by atoms with E-state index in [9.17, 15) is 39.5 Å². The van der Waals surface area contributed by atoms with Gasteiger partial charge in [0.05, 0.1) is 68.0 Å². The molecule has 0 aliphatic carbocycles. The third-order valence-electron chi connectivity index (χ3n) is 9.27. The molecule has 0 unspecified atom stereocenters. The molecule has 1 aliphatic rings. The largest absolute Gasteiger partial charge is 0.354 e. The molecule has 4 aromatic heterocycles. The summed E-state index contributed by atoms with van der Waals surface area (Å²) < 4.78 is 226. The highest BCUT2D eigenvalue weighted by Crippen LogP contribution is 2.48. The molecule has 3 aromatic carbocycles. The van der Waals surface area contributed by atoms with Gasteiger partial charge >= 0.3 is 0 Å². The van der Waals surface area contributed by atoms with E-state index < -0.39 is 154 Å². The highest BCUT2D eigenvalue weighted by molar-refractivity contribution is 9.13. The second-order valence-electron chi connectivity index (χ2n) is 12.5. The molecule has 0 saturated carbocycles. The number of hydrogen-bond acceptors (Lipinski definition) is 1. The van der Waals surface area contributed by atoms with Crippen molar-refractivity contribution in [2.24, 2.45) is 0 Å². The number of nitrogens with one attached hydrogen (secondary N) is 3. The molecule has 4 nitrogen and oxygen atoms in total. The Morgan fingerprint density at radius 3 is 0.950 bits per heavy atom. The summed E-state index contributed by atoms with van der Waals surface area (Å²) >= 11 is 12.8. The molecule has 1 aliphatic heterocycles. The Hall–Kier alpha value is -4.74. The summed E-state index contributed by atoms with van der Waals surface area (Å²) in [5.41, 5.74) is -12.4. The van der Waals surface area contributed by atoms with Crippen molar-refractivity contribution < 1.29 is 65.9 Å². The quantitative estimate of drug-likeness (QED) is 0.0922. The third-order valence-corrected chi connectivity index (χ3v) is 13.5. The first kappa shape index (κ1) is 42.0. The lowest BCUT2D eigenvalue weighted by molar-refractivity contribution is 0.381. The molecule has 23 heteroatoms. The average molecular weight is 1110 g/mol. The van der Waals surface area contributed by atoms with Crippen LogP contribution in [0.15, 0.2) is 30.0 Å². The van der Waals surface area contributed by atoms with Crippen LogP contribution in [-0.2, 0) is 0 Å². The topological polar surface area (TPSA) is 60.3 Å². The summed E-state index contributed by atoms with van der Waals surface area (Å²) in [5, 5.41) is 0. The van der Waals surface area contributed by atoms with E-state index in [0.717, 1.165) is 24.3 Å². The van der Waals surface area contributed by atoms with Gasteiger partial charge in [-0.3, -0.25) is 0 Å². The van der Waals surface area contributed by atoms with Crippen molar-refractivity contribution in [2.75, 3.05) is 0 Å². The lowest BCUT2D eigenvalue weighted by Gasteiger charge is -2.11. The minimum Gasteiger partial charge on any atom is -0.354 e. The van der Waals surface area contributed by atoms with Gasteiger partial charge in [-0.15, -0.1) is 0 Å². The fourth-order valence-corrected chi connectivity index (χ4v) is 8.56. The van der Waals surface area contributed by atoms with Crippen LogP contribution >= 0.6 is 63.7 Å². The maximum Gasteiger partial charge on any atom is 0.200 e. The van der Waals surface area contributed by atoms with E-state index in [1.165, 1.54) is 0 Å². The first-order chi connectivity index (χ1) is 28.2. The van der Waals surface area contributed by atoms with E-state index in [4.69, 9.17) is 0 Å². The highest BCUT2D eigenvalue weighted by Gasteiger charge is 2.34. The summed E-state index contributed by atoms with van der Waals surface area (Å²) in [6, 6.07) is 1.68. The van der Waals surface area contributed by atoms with Crippen LogP contribution in [0.4, 0.5) is 65.9 Å². The van der Waals surface area contributed by atoms with E-state index in [1.807, 2.05) is 0 Å². The second-order valence-corrected chi connectivity index (χ2v) is 15.6. The van der Waals surface area contributed by atoms with Crippen LogP contribution in [0.2, 0.25) is 0 Å². The van der Waals surface area contributed by atoms with Gasteiger partial charge in [0.15, 0.2) is 69.8 Å². The minimum atomic E-state index is -2.62. The van der Waals surface area contributed by atoms with Crippen LogP contribution in [0, 0.1) is 87.3 Å². The van der Waals surface area contributed by atoms with Crippen molar-refractivity contribution >= 4 is 109 Å². The van der Waals surface area contributed by atoms with Crippen molar-refractivity contribution in [3.8, 4) is 33.4 Å². The van der Waals surface area contributed by atoms with Gasteiger partial charge in [-0.1, -0.05) is 0 Å². The van der Waals surface area contributed by atoms with Crippen LogP contribution in [0.3, 0.4) is 0 Å². The van der Waals surface area contributed by atoms with Gasteiger partial charge in [0.2, 0.25) is 17.5 Å². The van der Waals surface area contributed by atoms with E-state index in [0.29, 0.717) is 0 Å². The number of nitrogens with zero attached hydrogens (tertiary/aromatic N) is 1. The first-order valence-corrected chi connectivity index (χ1v) is 19.0. The van der Waals surface area contributed by atoms with Gasteiger partial charge in [-0.2, -0.15) is 0 Å². The molecule has 0 amide bonds. The Kier molecular flexibility index (Phi) is 10.3. The van der Waals surface area contributed by atoms with Crippen molar-refractivity contribution in [1.82, 2.24) is 19.9 Å². The number of hydrogen-bond donors (Lipinski definition) is 3. The molecular weight excluding hydrogens is 1110 g/mol. The lowest BCUT2D eigenvalue weighted by Crippen LogP contribution is -2.05. The van der Waals surface area contributed by atoms with E-state index >= 15 is 26.3 Å². The Morgan fingerprint density at radius 2 is 0.567 bits per heavy atom. The van der Waals surface area contributed by atoms with E-state index in [-0.39, 0.29) is 28.9 Å². The Bertz CT molecular complexity index is 3200. The van der Waals surface area contributed by atoms with Crippen molar-refractivity contribution in [2.45, 2.75) is 0 Å². The van der Waals surface area contributed by atoms with E-state index in [2.05, 4.69) is 83.7 Å². The minimum absolute atomic E-state index is 0.112.